The van der Waals surface area contributed by atoms with E-state index in [1.165, 1.54) is 28.5 Å². The summed E-state index contributed by atoms with van der Waals surface area (Å²) < 4.78 is 5.03. The van der Waals surface area contributed by atoms with Crippen LogP contribution in [0.3, 0.4) is 0 Å². The summed E-state index contributed by atoms with van der Waals surface area (Å²) in [6.45, 7) is 3.46. The molecule has 1 fully saturated rings. The van der Waals surface area contributed by atoms with Crippen molar-refractivity contribution >= 4 is 22.6 Å². The molecule has 1 aliphatic heterocycles. The van der Waals surface area contributed by atoms with Crippen molar-refractivity contribution in [2.24, 2.45) is 0 Å². The summed E-state index contributed by atoms with van der Waals surface area (Å²) in [6, 6.07) is 17.2. The standard InChI is InChI=1S/C20H19N3O4/c24-20(18-8-9-19(27-18)23(25)26)22-12-10-21(11-13-22)14-16-6-3-5-15-4-1-2-7-17(15)16/h1-9H,10-14H2. The Morgan fingerprint density at radius 2 is 1.74 bits per heavy atom. The van der Waals surface area contributed by atoms with Crippen LogP contribution in [0.25, 0.3) is 10.8 Å². The Balaban J connectivity index is 1.40. The third kappa shape index (κ3) is 3.54. The molecule has 0 radical (unpaired) electrons. The molecule has 4 rings (SSSR count). The van der Waals surface area contributed by atoms with Gasteiger partial charge in [0.1, 0.15) is 4.92 Å². The van der Waals surface area contributed by atoms with Gasteiger partial charge in [0.15, 0.2) is 5.76 Å². The number of amides is 1. The minimum atomic E-state index is -0.640. The Morgan fingerprint density at radius 1 is 1.00 bits per heavy atom. The quantitative estimate of drug-likeness (QED) is 0.523. The fraction of sp³-hybridized carbons (Fsp3) is 0.250. The molecular weight excluding hydrogens is 346 g/mol. The Kier molecular flexibility index (Phi) is 4.60. The van der Waals surface area contributed by atoms with Crippen molar-refractivity contribution in [3.63, 3.8) is 0 Å². The summed E-state index contributed by atoms with van der Waals surface area (Å²) in [4.78, 5) is 26.5. The molecule has 0 N–H and O–H groups in total. The Morgan fingerprint density at radius 3 is 2.48 bits per heavy atom. The van der Waals surface area contributed by atoms with Gasteiger partial charge in [-0.15, -0.1) is 0 Å². The number of benzene rings is 2. The van der Waals surface area contributed by atoms with Gasteiger partial charge >= 0.3 is 5.88 Å². The molecule has 138 valence electrons. The zero-order valence-electron chi connectivity index (χ0n) is 14.7. The first-order chi connectivity index (χ1) is 13.1. The number of piperazine rings is 1. The zero-order chi connectivity index (χ0) is 18.8. The molecule has 0 bridgehead atoms. The van der Waals surface area contributed by atoms with Crippen molar-refractivity contribution in [2.75, 3.05) is 26.2 Å². The fourth-order valence-electron chi connectivity index (χ4n) is 3.48. The van der Waals surface area contributed by atoms with Crippen molar-refractivity contribution in [1.29, 1.82) is 0 Å². The van der Waals surface area contributed by atoms with Gasteiger partial charge < -0.3 is 9.32 Å². The number of rotatable bonds is 4. The first-order valence-electron chi connectivity index (χ1n) is 8.84. The largest absolute Gasteiger partial charge is 0.433 e. The highest BCUT2D eigenvalue weighted by molar-refractivity contribution is 5.91. The lowest BCUT2D eigenvalue weighted by molar-refractivity contribution is -0.402. The first kappa shape index (κ1) is 17.2. The van der Waals surface area contributed by atoms with E-state index in [9.17, 15) is 14.9 Å². The molecule has 0 saturated carbocycles. The average molecular weight is 365 g/mol. The third-order valence-corrected chi connectivity index (χ3v) is 4.92. The topological polar surface area (TPSA) is 79.8 Å². The smallest absolute Gasteiger partial charge is 0.395 e. The molecule has 0 unspecified atom stereocenters. The maximum atomic E-state index is 12.5. The van der Waals surface area contributed by atoms with Gasteiger partial charge in [0.05, 0.1) is 6.07 Å². The third-order valence-electron chi connectivity index (χ3n) is 4.92. The summed E-state index contributed by atoms with van der Waals surface area (Å²) in [5, 5.41) is 13.2. The molecule has 2 aromatic carbocycles. The van der Waals surface area contributed by atoms with Crippen LogP contribution < -0.4 is 0 Å². The maximum Gasteiger partial charge on any atom is 0.433 e. The summed E-state index contributed by atoms with van der Waals surface area (Å²) in [5.74, 6) is -0.690. The van der Waals surface area contributed by atoms with E-state index < -0.39 is 10.8 Å². The highest BCUT2D eigenvalue weighted by Gasteiger charge is 2.26. The molecule has 3 aromatic rings. The van der Waals surface area contributed by atoms with Crippen LogP contribution in [0, 0.1) is 10.1 Å². The van der Waals surface area contributed by atoms with Crippen LogP contribution in [0.4, 0.5) is 5.88 Å². The van der Waals surface area contributed by atoms with Gasteiger partial charge in [-0.2, -0.15) is 0 Å². The predicted octanol–water partition coefficient (Wildman–Crippen LogP) is 3.30. The van der Waals surface area contributed by atoms with Gasteiger partial charge in [0.2, 0.25) is 0 Å². The zero-order valence-corrected chi connectivity index (χ0v) is 14.7. The van der Waals surface area contributed by atoms with Crippen molar-refractivity contribution in [3.8, 4) is 0 Å². The number of carbonyl (C=O) groups excluding carboxylic acids is 1. The number of nitrogens with zero attached hydrogens (tertiary/aromatic N) is 3. The van der Waals surface area contributed by atoms with E-state index in [0.29, 0.717) is 13.1 Å². The maximum absolute atomic E-state index is 12.5. The van der Waals surface area contributed by atoms with E-state index in [0.717, 1.165) is 19.6 Å². The Bertz CT molecular complexity index is 984. The minimum Gasteiger partial charge on any atom is -0.395 e. The lowest BCUT2D eigenvalue weighted by atomic mass is 10.0. The minimum absolute atomic E-state index is 0.0178. The molecule has 1 saturated heterocycles. The van der Waals surface area contributed by atoms with Gasteiger partial charge in [-0.05, 0) is 22.4 Å². The van der Waals surface area contributed by atoms with Gasteiger partial charge in [-0.3, -0.25) is 19.8 Å². The highest BCUT2D eigenvalue weighted by Crippen LogP contribution is 2.21. The van der Waals surface area contributed by atoms with Crippen LogP contribution in [0.15, 0.2) is 59.0 Å². The Labute approximate surface area is 155 Å². The molecule has 2 heterocycles. The van der Waals surface area contributed by atoms with Crippen molar-refractivity contribution in [3.05, 3.63) is 76.0 Å². The number of furan rings is 1. The van der Waals surface area contributed by atoms with E-state index in [1.54, 1.807) is 4.90 Å². The molecule has 1 aromatic heterocycles. The molecule has 0 aliphatic carbocycles. The number of carbonyl (C=O) groups is 1. The fourth-order valence-corrected chi connectivity index (χ4v) is 3.48. The predicted molar refractivity (Wildman–Crippen MR) is 100 cm³/mol. The number of hydrogen-bond donors (Lipinski definition) is 0. The number of hydrogen-bond acceptors (Lipinski definition) is 5. The Hall–Kier alpha value is -3.19. The molecule has 27 heavy (non-hydrogen) atoms. The molecule has 7 heteroatoms. The van der Waals surface area contributed by atoms with E-state index >= 15 is 0 Å². The van der Waals surface area contributed by atoms with Gasteiger partial charge in [0, 0.05) is 32.7 Å². The average Bonchev–Trinajstić information content (AvgIpc) is 3.19. The molecule has 1 amide bonds. The molecule has 1 aliphatic rings. The molecule has 0 atom stereocenters. The number of fused-ring (bicyclic) bond motifs is 1. The van der Waals surface area contributed by atoms with Gasteiger partial charge in [0.25, 0.3) is 5.91 Å². The lowest BCUT2D eigenvalue weighted by Gasteiger charge is -2.34. The van der Waals surface area contributed by atoms with E-state index in [2.05, 4.69) is 35.2 Å². The van der Waals surface area contributed by atoms with Crippen LogP contribution in [-0.4, -0.2) is 46.8 Å². The van der Waals surface area contributed by atoms with Gasteiger partial charge in [-0.1, -0.05) is 42.5 Å². The van der Waals surface area contributed by atoms with E-state index in [1.807, 2.05) is 12.1 Å². The lowest BCUT2D eigenvalue weighted by Crippen LogP contribution is -2.48. The molecular formula is C20H19N3O4. The second-order valence-electron chi connectivity index (χ2n) is 6.60. The first-order valence-corrected chi connectivity index (χ1v) is 8.84. The second-order valence-corrected chi connectivity index (χ2v) is 6.60. The second kappa shape index (κ2) is 7.20. The number of nitro groups is 1. The van der Waals surface area contributed by atoms with Crippen molar-refractivity contribution < 1.29 is 14.1 Å². The van der Waals surface area contributed by atoms with E-state index in [-0.39, 0.29) is 11.7 Å². The molecule has 7 nitrogen and oxygen atoms in total. The SMILES string of the molecule is O=C(c1ccc([N+](=O)[O-])o1)N1CCN(Cc2cccc3ccccc23)CC1. The summed E-state index contributed by atoms with van der Waals surface area (Å²) in [7, 11) is 0. The highest BCUT2D eigenvalue weighted by atomic mass is 16.6. The summed E-state index contributed by atoms with van der Waals surface area (Å²) >= 11 is 0. The van der Waals surface area contributed by atoms with Crippen molar-refractivity contribution in [2.45, 2.75) is 6.54 Å². The molecule has 0 spiro atoms. The van der Waals surface area contributed by atoms with Crippen LogP contribution >= 0.6 is 0 Å². The monoisotopic (exact) mass is 365 g/mol. The van der Waals surface area contributed by atoms with Crippen LogP contribution in [-0.2, 0) is 6.54 Å². The summed E-state index contributed by atoms with van der Waals surface area (Å²) in [5.41, 5.74) is 1.27. The summed E-state index contributed by atoms with van der Waals surface area (Å²) in [6.07, 6.45) is 0. The van der Waals surface area contributed by atoms with Crippen molar-refractivity contribution in [1.82, 2.24) is 9.80 Å². The van der Waals surface area contributed by atoms with Crippen LogP contribution in [0.5, 0.6) is 0 Å². The normalized spacial score (nSPS) is 15.2. The van der Waals surface area contributed by atoms with Crippen LogP contribution in [0.1, 0.15) is 16.1 Å². The van der Waals surface area contributed by atoms with E-state index in [4.69, 9.17) is 4.42 Å². The van der Waals surface area contributed by atoms with Crippen LogP contribution in [0.2, 0.25) is 0 Å². The van der Waals surface area contributed by atoms with Gasteiger partial charge in [-0.25, -0.2) is 0 Å².